The number of thiophene rings is 1. The maximum absolute atomic E-state index is 13.8. The smallest absolute Gasteiger partial charge is 0.267 e. The van der Waals surface area contributed by atoms with E-state index in [2.05, 4.69) is 10.5 Å². The molecule has 0 saturated heterocycles. The van der Waals surface area contributed by atoms with Crippen molar-refractivity contribution in [2.45, 2.75) is 37.8 Å². The SMILES string of the molecule is COc1ccc(OC)c(/C=N/NC(=O)CSc2nc3sc4c(c3c(=O)n2-c2ccc(C)cc2)CCCC4)c1. The summed E-state index contributed by atoms with van der Waals surface area (Å²) in [6.07, 6.45) is 5.62. The molecule has 0 radical (unpaired) electrons. The second-order valence-electron chi connectivity index (χ2n) is 8.95. The average molecular weight is 549 g/mol. The molecule has 5 rings (SSSR count). The summed E-state index contributed by atoms with van der Waals surface area (Å²) in [5.74, 6) is 0.987. The Morgan fingerprint density at radius 1 is 1.16 bits per heavy atom. The molecule has 0 fully saturated rings. The Morgan fingerprint density at radius 3 is 2.71 bits per heavy atom. The monoisotopic (exact) mass is 548 g/mol. The number of fused-ring (bicyclic) bond motifs is 3. The molecular weight excluding hydrogens is 520 g/mol. The highest BCUT2D eigenvalue weighted by Gasteiger charge is 2.23. The van der Waals surface area contributed by atoms with Gasteiger partial charge in [-0.1, -0.05) is 29.5 Å². The highest BCUT2D eigenvalue weighted by atomic mass is 32.2. The number of ether oxygens (including phenoxy) is 2. The lowest BCUT2D eigenvalue weighted by Crippen LogP contribution is -2.24. The van der Waals surface area contributed by atoms with Crippen LogP contribution in [0.1, 0.15) is 34.4 Å². The van der Waals surface area contributed by atoms with Crippen LogP contribution in [0.5, 0.6) is 11.5 Å². The molecule has 0 unspecified atom stereocenters. The largest absolute Gasteiger partial charge is 0.497 e. The minimum atomic E-state index is -0.316. The number of nitrogens with zero attached hydrogens (tertiary/aromatic N) is 3. The number of methoxy groups -OCH3 is 2. The summed E-state index contributed by atoms with van der Waals surface area (Å²) in [5, 5.41) is 5.28. The number of thioether (sulfide) groups is 1. The third-order valence-electron chi connectivity index (χ3n) is 6.41. The van der Waals surface area contributed by atoms with Crippen molar-refractivity contribution in [3.8, 4) is 17.2 Å². The predicted molar refractivity (Wildman–Crippen MR) is 153 cm³/mol. The van der Waals surface area contributed by atoms with Crippen LogP contribution in [0.2, 0.25) is 0 Å². The van der Waals surface area contributed by atoms with E-state index in [9.17, 15) is 9.59 Å². The Balaban J connectivity index is 1.40. The molecule has 196 valence electrons. The number of aromatic nitrogens is 2. The van der Waals surface area contributed by atoms with Gasteiger partial charge in [0.2, 0.25) is 0 Å². The molecule has 0 saturated carbocycles. The van der Waals surface area contributed by atoms with Crippen molar-refractivity contribution < 1.29 is 14.3 Å². The third kappa shape index (κ3) is 5.32. The Morgan fingerprint density at radius 2 is 1.95 bits per heavy atom. The fraction of sp³-hybridized carbons (Fsp3) is 0.286. The lowest BCUT2D eigenvalue weighted by Gasteiger charge is -2.13. The van der Waals surface area contributed by atoms with E-state index in [4.69, 9.17) is 14.5 Å². The number of carbonyl (C=O) groups is 1. The van der Waals surface area contributed by atoms with Crippen LogP contribution in [-0.4, -0.2) is 41.6 Å². The lowest BCUT2D eigenvalue weighted by molar-refractivity contribution is -0.118. The quantitative estimate of drug-likeness (QED) is 0.146. The molecule has 1 amide bonds. The average Bonchev–Trinajstić information content (AvgIpc) is 3.31. The Kier molecular flexibility index (Phi) is 7.80. The van der Waals surface area contributed by atoms with E-state index in [-0.39, 0.29) is 17.2 Å². The third-order valence-corrected chi connectivity index (χ3v) is 8.54. The first-order valence-electron chi connectivity index (χ1n) is 12.3. The molecule has 0 aliphatic heterocycles. The van der Waals surface area contributed by atoms with Crippen molar-refractivity contribution in [1.29, 1.82) is 0 Å². The van der Waals surface area contributed by atoms with Gasteiger partial charge in [-0.25, -0.2) is 10.4 Å². The first-order chi connectivity index (χ1) is 18.5. The van der Waals surface area contributed by atoms with Crippen molar-refractivity contribution in [3.63, 3.8) is 0 Å². The fourth-order valence-electron chi connectivity index (χ4n) is 4.48. The predicted octanol–water partition coefficient (Wildman–Crippen LogP) is 4.89. The number of aryl methyl sites for hydroxylation is 3. The molecule has 1 aliphatic carbocycles. The van der Waals surface area contributed by atoms with Gasteiger partial charge in [0.05, 0.1) is 37.3 Å². The van der Waals surface area contributed by atoms with Gasteiger partial charge >= 0.3 is 0 Å². The standard InChI is InChI=1S/C28H28N4O4S2/c1-17-8-10-19(11-9-17)32-27(34)25-21-6-4-5-7-23(21)38-26(25)30-28(32)37-16-24(33)31-29-15-18-14-20(35-2)12-13-22(18)36-3/h8-15H,4-7,16H2,1-3H3,(H,31,33)/b29-15+. The van der Waals surface area contributed by atoms with Crippen molar-refractivity contribution in [2.24, 2.45) is 5.10 Å². The van der Waals surface area contributed by atoms with E-state index in [0.717, 1.165) is 52.7 Å². The molecule has 0 atom stereocenters. The van der Waals surface area contributed by atoms with Crippen LogP contribution in [0, 0.1) is 6.92 Å². The number of benzene rings is 2. The Labute approximate surface area is 228 Å². The van der Waals surface area contributed by atoms with Crippen LogP contribution in [-0.2, 0) is 17.6 Å². The second kappa shape index (κ2) is 11.4. The minimum absolute atomic E-state index is 0.0431. The van der Waals surface area contributed by atoms with E-state index in [1.165, 1.54) is 22.9 Å². The van der Waals surface area contributed by atoms with Crippen molar-refractivity contribution >= 4 is 45.4 Å². The van der Waals surface area contributed by atoms with Gasteiger partial charge < -0.3 is 9.47 Å². The summed E-state index contributed by atoms with van der Waals surface area (Å²) in [5.41, 5.74) is 6.12. The Bertz CT molecular complexity index is 1570. The number of carbonyl (C=O) groups excluding carboxylic acids is 1. The molecule has 10 heteroatoms. The molecule has 1 aliphatic rings. The van der Waals surface area contributed by atoms with Crippen molar-refractivity contribution in [1.82, 2.24) is 15.0 Å². The van der Waals surface area contributed by atoms with E-state index in [1.54, 1.807) is 48.3 Å². The summed E-state index contributed by atoms with van der Waals surface area (Å²) in [6.45, 7) is 2.00. The van der Waals surface area contributed by atoms with E-state index >= 15 is 0 Å². The summed E-state index contributed by atoms with van der Waals surface area (Å²) in [6, 6.07) is 13.1. The first kappa shape index (κ1) is 26.0. The molecule has 0 bridgehead atoms. The first-order valence-corrected chi connectivity index (χ1v) is 14.1. The minimum Gasteiger partial charge on any atom is -0.497 e. The molecule has 2 aromatic heterocycles. The van der Waals surface area contributed by atoms with E-state index in [0.29, 0.717) is 22.2 Å². The number of nitrogens with one attached hydrogen (secondary N) is 1. The van der Waals surface area contributed by atoms with E-state index in [1.807, 2.05) is 31.2 Å². The molecule has 2 heterocycles. The summed E-state index contributed by atoms with van der Waals surface area (Å²) in [4.78, 5) is 33.4. The van der Waals surface area contributed by atoms with Gasteiger partial charge in [0.25, 0.3) is 11.5 Å². The normalized spacial score (nSPS) is 13.0. The van der Waals surface area contributed by atoms with Gasteiger partial charge in [0.15, 0.2) is 5.16 Å². The van der Waals surface area contributed by atoms with Crippen molar-refractivity contribution in [3.05, 3.63) is 74.4 Å². The summed E-state index contributed by atoms with van der Waals surface area (Å²) < 4.78 is 12.2. The molecule has 4 aromatic rings. The lowest BCUT2D eigenvalue weighted by atomic mass is 9.97. The number of rotatable bonds is 8. The van der Waals surface area contributed by atoms with Gasteiger partial charge in [0.1, 0.15) is 16.3 Å². The molecule has 2 aromatic carbocycles. The zero-order valence-electron chi connectivity index (χ0n) is 21.4. The van der Waals surface area contributed by atoms with Crippen LogP contribution < -0.4 is 20.5 Å². The van der Waals surface area contributed by atoms with E-state index < -0.39 is 0 Å². The molecule has 1 N–H and O–H groups in total. The maximum atomic E-state index is 13.8. The zero-order chi connectivity index (χ0) is 26.6. The van der Waals surface area contributed by atoms with Crippen LogP contribution in [0.15, 0.2) is 57.5 Å². The number of hydrogen-bond acceptors (Lipinski definition) is 8. The number of hydrogen-bond donors (Lipinski definition) is 1. The summed E-state index contributed by atoms with van der Waals surface area (Å²) >= 11 is 2.82. The van der Waals surface area contributed by atoms with Crippen LogP contribution in [0.3, 0.4) is 0 Å². The maximum Gasteiger partial charge on any atom is 0.267 e. The van der Waals surface area contributed by atoms with Crippen LogP contribution in [0.25, 0.3) is 15.9 Å². The van der Waals surface area contributed by atoms with Gasteiger partial charge in [-0.2, -0.15) is 5.10 Å². The second-order valence-corrected chi connectivity index (χ2v) is 11.0. The summed E-state index contributed by atoms with van der Waals surface area (Å²) in [7, 11) is 3.14. The fourth-order valence-corrected chi connectivity index (χ4v) is 6.59. The van der Waals surface area contributed by atoms with Gasteiger partial charge in [0, 0.05) is 10.4 Å². The number of amides is 1. The van der Waals surface area contributed by atoms with Gasteiger partial charge in [-0.3, -0.25) is 14.2 Å². The molecule has 0 spiro atoms. The zero-order valence-corrected chi connectivity index (χ0v) is 23.1. The van der Waals surface area contributed by atoms with Gasteiger partial charge in [-0.05, 0) is 68.5 Å². The number of hydrazone groups is 1. The highest BCUT2D eigenvalue weighted by molar-refractivity contribution is 7.99. The van der Waals surface area contributed by atoms with Crippen LogP contribution in [0.4, 0.5) is 0 Å². The molecular formula is C28H28N4O4S2. The Hall–Kier alpha value is -3.63. The topological polar surface area (TPSA) is 94.8 Å². The van der Waals surface area contributed by atoms with Crippen LogP contribution >= 0.6 is 23.1 Å². The molecule has 8 nitrogen and oxygen atoms in total. The molecule has 38 heavy (non-hydrogen) atoms. The van der Waals surface area contributed by atoms with Gasteiger partial charge in [-0.15, -0.1) is 11.3 Å². The van der Waals surface area contributed by atoms with Crippen molar-refractivity contribution in [2.75, 3.05) is 20.0 Å². The highest BCUT2D eigenvalue weighted by Crippen LogP contribution is 2.35.